The summed E-state index contributed by atoms with van der Waals surface area (Å²) < 4.78 is 22.6. The average Bonchev–Trinajstić information content (AvgIpc) is 2.66. The van der Waals surface area contributed by atoms with Crippen LogP contribution in [-0.4, -0.2) is 42.9 Å². The Kier molecular flexibility index (Phi) is 5.17. The van der Waals surface area contributed by atoms with Gasteiger partial charge in [0, 0.05) is 11.3 Å². The third-order valence-corrected chi connectivity index (χ3v) is 7.22. The van der Waals surface area contributed by atoms with E-state index in [4.69, 9.17) is 0 Å². The maximum absolute atomic E-state index is 11.9. The Bertz CT molecular complexity index is 422. The van der Waals surface area contributed by atoms with Gasteiger partial charge in [0.2, 0.25) is 5.91 Å². The predicted molar refractivity (Wildman–Crippen MR) is 79.1 cm³/mol. The lowest BCUT2D eigenvalue weighted by Crippen LogP contribution is -2.39. The van der Waals surface area contributed by atoms with Crippen LogP contribution in [0.25, 0.3) is 0 Å². The van der Waals surface area contributed by atoms with Crippen molar-refractivity contribution in [3.8, 4) is 0 Å². The number of sulfone groups is 1. The highest BCUT2D eigenvalue weighted by Crippen LogP contribution is 2.25. The van der Waals surface area contributed by atoms with Crippen molar-refractivity contribution >= 4 is 27.5 Å². The van der Waals surface area contributed by atoms with Gasteiger partial charge < -0.3 is 5.32 Å². The van der Waals surface area contributed by atoms with Crippen LogP contribution in [0.3, 0.4) is 0 Å². The van der Waals surface area contributed by atoms with Crippen molar-refractivity contribution in [3.05, 3.63) is 0 Å². The standard InChI is InChI=1S/C13H23NO3S2/c1-10-3-2-4-11(7-10)14-13(15)8-18-12-5-6-19(16,17)9-12/h10-12H,2-9H2,1H3,(H,14,15)/t10-,11-,12+/m1/s1. The van der Waals surface area contributed by atoms with E-state index in [2.05, 4.69) is 12.2 Å². The molecule has 110 valence electrons. The van der Waals surface area contributed by atoms with Crippen molar-refractivity contribution in [1.29, 1.82) is 0 Å². The molecule has 4 nitrogen and oxygen atoms in total. The minimum atomic E-state index is -2.83. The molecule has 2 aliphatic rings. The van der Waals surface area contributed by atoms with Crippen LogP contribution in [0.4, 0.5) is 0 Å². The Balaban J connectivity index is 1.67. The molecule has 2 fully saturated rings. The summed E-state index contributed by atoms with van der Waals surface area (Å²) >= 11 is 1.49. The maximum atomic E-state index is 11.9. The Hall–Kier alpha value is -0.230. The number of hydrogen-bond donors (Lipinski definition) is 1. The Labute approximate surface area is 120 Å². The van der Waals surface area contributed by atoms with E-state index in [1.807, 2.05) is 0 Å². The van der Waals surface area contributed by atoms with Crippen LogP contribution in [-0.2, 0) is 14.6 Å². The lowest BCUT2D eigenvalue weighted by molar-refractivity contribution is -0.119. The summed E-state index contributed by atoms with van der Waals surface area (Å²) in [7, 11) is -2.83. The summed E-state index contributed by atoms with van der Waals surface area (Å²) in [5, 5.41) is 3.20. The van der Waals surface area contributed by atoms with E-state index in [0.29, 0.717) is 24.1 Å². The zero-order valence-electron chi connectivity index (χ0n) is 11.4. The number of amides is 1. The van der Waals surface area contributed by atoms with Gasteiger partial charge in [-0.15, -0.1) is 11.8 Å². The molecule has 19 heavy (non-hydrogen) atoms. The van der Waals surface area contributed by atoms with Crippen molar-refractivity contribution < 1.29 is 13.2 Å². The fourth-order valence-corrected chi connectivity index (χ4v) is 6.37. The molecule has 1 heterocycles. The van der Waals surface area contributed by atoms with Gasteiger partial charge in [-0.25, -0.2) is 8.42 Å². The highest BCUT2D eigenvalue weighted by molar-refractivity contribution is 8.02. The molecule has 0 aromatic rings. The van der Waals surface area contributed by atoms with Gasteiger partial charge in [0.05, 0.1) is 17.3 Å². The maximum Gasteiger partial charge on any atom is 0.230 e. The summed E-state index contributed by atoms with van der Waals surface area (Å²) in [6.07, 6.45) is 5.31. The van der Waals surface area contributed by atoms with Crippen LogP contribution in [0.2, 0.25) is 0 Å². The van der Waals surface area contributed by atoms with Crippen LogP contribution < -0.4 is 5.32 Å². The molecule has 1 aliphatic heterocycles. The van der Waals surface area contributed by atoms with Crippen LogP contribution in [0.1, 0.15) is 39.0 Å². The topological polar surface area (TPSA) is 63.2 Å². The summed E-state index contributed by atoms with van der Waals surface area (Å²) in [5.41, 5.74) is 0. The van der Waals surface area contributed by atoms with Crippen molar-refractivity contribution in [2.45, 2.75) is 50.3 Å². The highest BCUT2D eigenvalue weighted by Gasteiger charge is 2.29. The molecular formula is C13H23NO3S2. The molecule has 0 aromatic heterocycles. The Morgan fingerprint density at radius 2 is 2.11 bits per heavy atom. The zero-order chi connectivity index (χ0) is 13.9. The van der Waals surface area contributed by atoms with Crippen molar-refractivity contribution in [2.24, 2.45) is 5.92 Å². The molecule has 1 saturated heterocycles. The van der Waals surface area contributed by atoms with Gasteiger partial charge in [0.15, 0.2) is 9.84 Å². The van der Waals surface area contributed by atoms with Crippen LogP contribution in [0, 0.1) is 5.92 Å². The summed E-state index contributed by atoms with van der Waals surface area (Å²) in [5.74, 6) is 1.68. The van der Waals surface area contributed by atoms with E-state index >= 15 is 0 Å². The van der Waals surface area contributed by atoms with Crippen molar-refractivity contribution in [1.82, 2.24) is 5.32 Å². The first-order valence-corrected chi connectivity index (χ1v) is 9.93. The average molecular weight is 305 g/mol. The largest absolute Gasteiger partial charge is 0.353 e. The van der Waals surface area contributed by atoms with E-state index < -0.39 is 9.84 Å². The molecule has 0 radical (unpaired) electrons. The number of thioether (sulfide) groups is 1. The minimum absolute atomic E-state index is 0.0633. The number of hydrogen-bond acceptors (Lipinski definition) is 4. The van der Waals surface area contributed by atoms with E-state index in [9.17, 15) is 13.2 Å². The Morgan fingerprint density at radius 3 is 2.74 bits per heavy atom. The fourth-order valence-electron chi connectivity index (χ4n) is 2.92. The normalized spacial score (nSPS) is 34.1. The minimum Gasteiger partial charge on any atom is -0.353 e. The number of rotatable bonds is 4. The van der Waals surface area contributed by atoms with Gasteiger partial charge in [-0.1, -0.05) is 19.8 Å². The quantitative estimate of drug-likeness (QED) is 0.857. The molecule has 1 aliphatic carbocycles. The Morgan fingerprint density at radius 1 is 1.32 bits per heavy atom. The van der Waals surface area contributed by atoms with E-state index in [1.165, 1.54) is 24.6 Å². The van der Waals surface area contributed by atoms with Crippen LogP contribution in [0.5, 0.6) is 0 Å². The first-order chi connectivity index (χ1) is 8.94. The molecular weight excluding hydrogens is 282 g/mol. The molecule has 0 bridgehead atoms. The molecule has 6 heteroatoms. The van der Waals surface area contributed by atoms with E-state index in [1.54, 1.807) is 0 Å². The third-order valence-electron chi connectivity index (χ3n) is 3.94. The number of carbonyl (C=O) groups is 1. The number of carbonyl (C=O) groups excluding carboxylic acids is 1. The number of nitrogens with one attached hydrogen (secondary N) is 1. The molecule has 3 atom stereocenters. The SMILES string of the molecule is C[C@@H]1CCC[C@@H](NC(=O)CS[C@H]2CCS(=O)(=O)C2)C1. The van der Waals surface area contributed by atoms with Crippen LogP contribution in [0.15, 0.2) is 0 Å². The monoisotopic (exact) mass is 305 g/mol. The van der Waals surface area contributed by atoms with E-state index in [0.717, 1.165) is 12.8 Å². The molecule has 1 amide bonds. The summed E-state index contributed by atoms with van der Waals surface area (Å²) in [6, 6.07) is 0.323. The second-order valence-electron chi connectivity index (χ2n) is 5.87. The fraction of sp³-hybridized carbons (Fsp3) is 0.923. The van der Waals surface area contributed by atoms with Gasteiger partial charge in [-0.3, -0.25) is 4.79 Å². The second kappa shape index (κ2) is 6.48. The molecule has 0 spiro atoms. The highest BCUT2D eigenvalue weighted by atomic mass is 32.2. The smallest absolute Gasteiger partial charge is 0.230 e. The lowest BCUT2D eigenvalue weighted by atomic mass is 9.87. The molecule has 1 N–H and O–H groups in total. The molecule has 0 aromatic carbocycles. The first kappa shape index (κ1) is 15.2. The van der Waals surface area contributed by atoms with Gasteiger partial charge in [0.1, 0.15) is 0 Å². The second-order valence-corrected chi connectivity index (χ2v) is 9.39. The molecule has 2 rings (SSSR count). The zero-order valence-corrected chi connectivity index (χ0v) is 13.1. The first-order valence-electron chi connectivity index (χ1n) is 7.06. The van der Waals surface area contributed by atoms with Crippen molar-refractivity contribution in [3.63, 3.8) is 0 Å². The van der Waals surface area contributed by atoms with Gasteiger partial charge in [-0.2, -0.15) is 0 Å². The summed E-state index contributed by atoms with van der Waals surface area (Å²) in [6.45, 7) is 2.23. The molecule has 0 unspecified atom stereocenters. The predicted octanol–water partition coefficient (Wildman–Crippen LogP) is 1.60. The van der Waals surface area contributed by atoms with Crippen LogP contribution >= 0.6 is 11.8 Å². The van der Waals surface area contributed by atoms with Gasteiger partial charge in [0.25, 0.3) is 0 Å². The van der Waals surface area contributed by atoms with Gasteiger partial charge in [-0.05, 0) is 25.2 Å². The van der Waals surface area contributed by atoms with E-state index in [-0.39, 0.29) is 22.7 Å². The summed E-state index contributed by atoms with van der Waals surface area (Å²) in [4.78, 5) is 11.9. The molecule has 1 saturated carbocycles. The third kappa shape index (κ3) is 4.99. The lowest BCUT2D eigenvalue weighted by Gasteiger charge is -2.27. The van der Waals surface area contributed by atoms with Gasteiger partial charge >= 0.3 is 0 Å². The van der Waals surface area contributed by atoms with Crippen molar-refractivity contribution in [2.75, 3.05) is 17.3 Å².